The molecule has 2 N–H and O–H groups in total. The number of anilines is 1. The molecule has 0 aliphatic carbocycles. The Bertz CT molecular complexity index is 906. The van der Waals surface area contributed by atoms with E-state index in [1.807, 2.05) is 11.0 Å². The second-order valence-electron chi connectivity index (χ2n) is 7.26. The van der Waals surface area contributed by atoms with Gasteiger partial charge in [0.25, 0.3) is 5.91 Å². The molecule has 0 spiro atoms. The molecule has 1 atom stereocenters. The minimum Gasteiger partial charge on any atom is -0.337 e. The number of nitrogens with two attached hydrogens (primary N) is 1. The fourth-order valence-corrected chi connectivity index (χ4v) is 4.47. The van der Waals surface area contributed by atoms with Crippen LogP contribution in [0.5, 0.6) is 0 Å². The van der Waals surface area contributed by atoms with E-state index in [2.05, 4.69) is 68.9 Å². The third kappa shape index (κ3) is 4.81. The van der Waals surface area contributed by atoms with Gasteiger partial charge in [-0.1, -0.05) is 35.9 Å². The monoisotopic (exact) mass is 408 g/mol. The first-order chi connectivity index (χ1) is 14.2. The summed E-state index contributed by atoms with van der Waals surface area (Å²) in [6, 6.07) is 14.8. The quantitative estimate of drug-likeness (QED) is 0.676. The fraction of sp³-hybridized carbons (Fsp3) is 0.318. The lowest BCUT2D eigenvalue weighted by molar-refractivity contribution is -0.676. The lowest BCUT2D eigenvalue weighted by Crippen LogP contribution is -2.87. The number of hydrogen-bond acceptors (Lipinski definition) is 5. The lowest BCUT2D eigenvalue weighted by Gasteiger charge is -2.34. The van der Waals surface area contributed by atoms with Crippen molar-refractivity contribution < 1.29 is 10.1 Å². The molecule has 1 aliphatic rings. The summed E-state index contributed by atoms with van der Waals surface area (Å²) >= 11 is 1.74. The highest BCUT2D eigenvalue weighted by molar-refractivity contribution is 7.10. The van der Waals surface area contributed by atoms with Crippen LogP contribution in [0.1, 0.15) is 22.0 Å². The van der Waals surface area contributed by atoms with Gasteiger partial charge in [0.1, 0.15) is 6.04 Å². The van der Waals surface area contributed by atoms with Gasteiger partial charge in [-0.05, 0) is 24.4 Å². The van der Waals surface area contributed by atoms with Gasteiger partial charge in [-0.15, -0.1) is 11.3 Å². The van der Waals surface area contributed by atoms with Crippen molar-refractivity contribution in [2.75, 3.05) is 37.6 Å². The molecular weight excluding hydrogens is 382 g/mol. The smallest absolute Gasteiger partial charge is 0.277 e. The van der Waals surface area contributed by atoms with Crippen molar-refractivity contribution in [3.8, 4) is 0 Å². The molecular formula is C22H26N5OS+. The molecule has 3 heterocycles. The van der Waals surface area contributed by atoms with Crippen LogP contribution >= 0.6 is 11.3 Å². The summed E-state index contributed by atoms with van der Waals surface area (Å²) in [5.74, 6) is 0.926. The first-order valence-corrected chi connectivity index (χ1v) is 10.8. The Kier molecular flexibility index (Phi) is 6.17. The van der Waals surface area contributed by atoms with E-state index >= 15 is 0 Å². The zero-order valence-corrected chi connectivity index (χ0v) is 17.4. The van der Waals surface area contributed by atoms with Crippen LogP contribution < -0.4 is 10.2 Å². The van der Waals surface area contributed by atoms with Crippen LogP contribution in [0.3, 0.4) is 0 Å². The van der Waals surface area contributed by atoms with Crippen LogP contribution in [0.4, 0.5) is 5.95 Å². The Labute approximate surface area is 175 Å². The molecule has 1 fully saturated rings. The van der Waals surface area contributed by atoms with E-state index in [-0.39, 0.29) is 11.9 Å². The summed E-state index contributed by atoms with van der Waals surface area (Å²) in [6.07, 6.45) is 3.51. The third-order valence-corrected chi connectivity index (χ3v) is 6.24. The summed E-state index contributed by atoms with van der Waals surface area (Å²) in [7, 11) is 0. The maximum Gasteiger partial charge on any atom is 0.277 e. The molecule has 2 aromatic heterocycles. The van der Waals surface area contributed by atoms with Gasteiger partial charge in [-0.3, -0.25) is 4.79 Å². The van der Waals surface area contributed by atoms with E-state index in [1.165, 1.54) is 16.0 Å². The average Bonchev–Trinajstić information content (AvgIpc) is 3.30. The van der Waals surface area contributed by atoms with Crippen molar-refractivity contribution in [2.45, 2.75) is 13.0 Å². The second-order valence-corrected chi connectivity index (χ2v) is 8.24. The molecule has 29 heavy (non-hydrogen) atoms. The summed E-state index contributed by atoms with van der Waals surface area (Å²) in [5, 5.41) is 4.25. The van der Waals surface area contributed by atoms with Gasteiger partial charge >= 0.3 is 0 Å². The molecule has 0 saturated carbocycles. The summed E-state index contributed by atoms with van der Waals surface area (Å²) in [5.41, 5.74) is 2.48. The normalized spacial score (nSPS) is 15.3. The zero-order chi connectivity index (χ0) is 20.1. The predicted octanol–water partition coefficient (Wildman–Crippen LogP) is 1.85. The van der Waals surface area contributed by atoms with Crippen LogP contribution in [0.15, 0.2) is 60.2 Å². The Morgan fingerprint density at radius 1 is 1.07 bits per heavy atom. The number of nitrogens with zero attached hydrogens (tertiary/aromatic N) is 4. The van der Waals surface area contributed by atoms with Crippen LogP contribution in [0.25, 0.3) is 0 Å². The molecule has 150 valence electrons. The summed E-state index contributed by atoms with van der Waals surface area (Å²) in [4.78, 5) is 26.8. The number of piperazine rings is 1. The number of amides is 1. The number of carbonyl (C=O) groups excluding carboxylic acids is 1. The number of aromatic nitrogens is 2. The SMILES string of the molecule is Cc1ccc([C@@H]([NH2+]CC(=O)N2CCN(c3ncccn3)CC2)c2cccs2)cc1. The minimum atomic E-state index is 0.151. The minimum absolute atomic E-state index is 0.151. The number of benzene rings is 1. The van der Waals surface area contributed by atoms with Crippen molar-refractivity contribution >= 4 is 23.2 Å². The van der Waals surface area contributed by atoms with Crippen molar-refractivity contribution in [3.63, 3.8) is 0 Å². The molecule has 1 saturated heterocycles. The number of aryl methyl sites for hydroxylation is 1. The van der Waals surface area contributed by atoms with Gasteiger partial charge in [0.15, 0.2) is 6.54 Å². The Balaban J connectivity index is 1.36. The molecule has 0 unspecified atom stereocenters. The van der Waals surface area contributed by atoms with E-state index in [1.54, 1.807) is 23.7 Å². The van der Waals surface area contributed by atoms with E-state index in [4.69, 9.17) is 0 Å². The molecule has 1 amide bonds. The molecule has 1 aromatic carbocycles. The van der Waals surface area contributed by atoms with Crippen molar-refractivity contribution in [3.05, 3.63) is 76.2 Å². The molecule has 3 aromatic rings. The molecule has 0 bridgehead atoms. The average molecular weight is 409 g/mol. The van der Waals surface area contributed by atoms with Crippen LogP contribution in [-0.4, -0.2) is 53.5 Å². The molecule has 6 nitrogen and oxygen atoms in total. The van der Waals surface area contributed by atoms with E-state index in [0.29, 0.717) is 19.6 Å². The highest BCUT2D eigenvalue weighted by atomic mass is 32.1. The third-order valence-electron chi connectivity index (χ3n) is 5.28. The maximum atomic E-state index is 12.8. The van der Waals surface area contributed by atoms with Gasteiger partial charge < -0.3 is 15.1 Å². The molecule has 1 aliphatic heterocycles. The Morgan fingerprint density at radius 2 is 1.79 bits per heavy atom. The number of thiophene rings is 1. The number of hydrogen-bond donors (Lipinski definition) is 1. The van der Waals surface area contributed by atoms with Crippen LogP contribution in [0, 0.1) is 6.92 Å². The van der Waals surface area contributed by atoms with Crippen molar-refractivity contribution in [1.82, 2.24) is 14.9 Å². The number of carbonyl (C=O) groups is 1. The zero-order valence-electron chi connectivity index (χ0n) is 16.6. The molecule has 0 radical (unpaired) electrons. The maximum absolute atomic E-state index is 12.8. The lowest BCUT2D eigenvalue weighted by atomic mass is 10.0. The highest BCUT2D eigenvalue weighted by Crippen LogP contribution is 2.23. The molecule has 4 rings (SSSR count). The summed E-state index contributed by atoms with van der Waals surface area (Å²) < 4.78 is 0. The summed E-state index contributed by atoms with van der Waals surface area (Å²) in [6.45, 7) is 5.48. The topological polar surface area (TPSA) is 65.9 Å². The number of quaternary nitrogens is 1. The predicted molar refractivity (Wildman–Crippen MR) is 115 cm³/mol. The van der Waals surface area contributed by atoms with E-state index in [9.17, 15) is 4.79 Å². The Morgan fingerprint density at radius 3 is 2.45 bits per heavy atom. The van der Waals surface area contributed by atoms with Crippen LogP contribution in [-0.2, 0) is 4.79 Å². The van der Waals surface area contributed by atoms with Crippen LogP contribution in [0.2, 0.25) is 0 Å². The van der Waals surface area contributed by atoms with Gasteiger partial charge in [-0.25, -0.2) is 9.97 Å². The number of rotatable bonds is 6. The first kappa shape index (κ1) is 19.5. The second kappa shape index (κ2) is 9.15. The van der Waals surface area contributed by atoms with E-state index in [0.717, 1.165) is 19.0 Å². The van der Waals surface area contributed by atoms with Gasteiger partial charge in [0.05, 0.1) is 4.88 Å². The molecule has 7 heteroatoms. The van der Waals surface area contributed by atoms with Gasteiger partial charge in [-0.2, -0.15) is 0 Å². The first-order valence-electron chi connectivity index (χ1n) is 9.94. The van der Waals surface area contributed by atoms with Crippen molar-refractivity contribution in [2.24, 2.45) is 0 Å². The Hall–Kier alpha value is -2.77. The van der Waals surface area contributed by atoms with Gasteiger partial charge in [0, 0.05) is 44.1 Å². The van der Waals surface area contributed by atoms with E-state index < -0.39 is 0 Å². The highest BCUT2D eigenvalue weighted by Gasteiger charge is 2.25. The largest absolute Gasteiger partial charge is 0.337 e. The fourth-order valence-electron chi connectivity index (χ4n) is 3.62. The standard InChI is InChI=1S/C22H25N5OS/c1-17-5-7-18(8-6-17)21(19-4-2-15-29-19)25-16-20(28)26-11-13-27(14-12-26)22-23-9-3-10-24-22/h2-10,15,21,25H,11-14,16H2,1H3/p+1/t21-/m1/s1. The van der Waals surface area contributed by atoms with Gasteiger partial charge in [0.2, 0.25) is 5.95 Å². The van der Waals surface area contributed by atoms with Crippen molar-refractivity contribution in [1.29, 1.82) is 0 Å².